The van der Waals surface area contributed by atoms with Crippen LogP contribution in [0, 0.1) is 11.6 Å². The van der Waals surface area contributed by atoms with Crippen molar-refractivity contribution in [3.8, 4) is 0 Å². The van der Waals surface area contributed by atoms with Crippen LogP contribution in [0.3, 0.4) is 0 Å². The number of amides is 2. The minimum Gasteiger partial charge on any atom is -0.340 e. The van der Waals surface area contributed by atoms with Gasteiger partial charge in [0, 0.05) is 18.2 Å². The van der Waals surface area contributed by atoms with Crippen LogP contribution in [0.1, 0.15) is 32.8 Å². The highest BCUT2D eigenvalue weighted by Crippen LogP contribution is 2.23. The summed E-state index contributed by atoms with van der Waals surface area (Å²) in [4.78, 5) is 25.9. The highest BCUT2D eigenvalue weighted by atomic mass is 19.1. The van der Waals surface area contributed by atoms with Crippen molar-refractivity contribution in [2.45, 2.75) is 45.3 Å². The van der Waals surface area contributed by atoms with Crippen LogP contribution >= 0.6 is 0 Å². The molecule has 1 saturated heterocycles. The number of nitrogens with one attached hydrogen (secondary N) is 1. The van der Waals surface area contributed by atoms with E-state index >= 15 is 0 Å². The number of hydrogen-bond acceptors (Lipinski definition) is 2. The van der Waals surface area contributed by atoms with Gasteiger partial charge < -0.3 is 10.2 Å². The van der Waals surface area contributed by atoms with Gasteiger partial charge in [0.05, 0.1) is 0 Å². The Balaban J connectivity index is 2.33. The first kappa shape index (κ1) is 15.4. The van der Waals surface area contributed by atoms with Crippen LogP contribution in [0.15, 0.2) is 18.2 Å². The summed E-state index contributed by atoms with van der Waals surface area (Å²) in [5.41, 5.74) is -0.840. The molecule has 0 aromatic heterocycles. The number of benzene rings is 1. The number of rotatable bonds is 3. The average Bonchev–Trinajstić information content (AvgIpc) is 2.38. The van der Waals surface area contributed by atoms with Gasteiger partial charge in [-0.25, -0.2) is 8.78 Å². The van der Waals surface area contributed by atoms with E-state index in [4.69, 9.17) is 0 Å². The Bertz CT molecular complexity index is 587. The van der Waals surface area contributed by atoms with Gasteiger partial charge in [0.25, 0.3) is 0 Å². The topological polar surface area (TPSA) is 49.4 Å². The van der Waals surface area contributed by atoms with Gasteiger partial charge in [0.2, 0.25) is 11.8 Å². The number of hydrogen-bond donors (Lipinski definition) is 1. The van der Waals surface area contributed by atoms with Gasteiger partial charge >= 0.3 is 0 Å². The van der Waals surface area contributed by atoms with Crippen molar-refractivity contribution in [3.63, 3.8) is 0 Å². The second kappa shape index (κ2) is 5.42. The molecule has 1 aromatic rings. The van der Waals surface area contributed by atoms with Crippen molar-refractivity contribution in [2.75, 3.05) is 0 Å². The fourth-order valence-electron chi connectivity index (χ4n) is 2.51. The molecule has 0 saturated carbocycles. The average molecular weight is 296 g/mol. The van der Waals surface area contributed by atoms with Crippen molar-refractivity contribution in [1.29, 1.82) is 0 Å². The van der Waals surface area contributed by atoms with Gasteiger partial charge in [-0.1, -0.05) is 13.0 Å². The molecule has 21 heavy (non-hydrogen) atoms. The Hall–Kier alpha value is -1.98. The predicted octanol–water partition coefficient (Wildman–Crippen LogP) is 1.98. The first-order valence-electron chi connectivity index (χ1n) is 6.83. The lowest BCUT2D eigenvalue weighted by molar-refractivity contribution is -0.154. The van der Waals surface area contributed by atoms with Crippen LogP contribution in [-0.4, -0.2) is 28.3 Å². The molecule has 6 heteroatoms. The van der Waals surface area contributed by atoms with Crippen molar-refractivity contribution in [1.82, 2.24) is 10.2 Å². The molecule has 0 spiro atoms. The lowest BCUT2D eigenvalue weighted by Crippen LogP contribution is -2.67. The first-order chi connectivity index (χ1) is 9.76. The van der Waals surface area contributed by atoms with Gasteiger partial charge in [-0.3, -0.25) is 9.59 Å². The molecule has 1 aliphatic heterocycles. The molecule has 1 N–H and O–H groups in total. The quantitative estimate of drug-likeness (QED) is 0.927. The molecule has 1 aliphatic rings. The largest absolute Gasteiger partial charge is 0.340 e. The zero-order chi connectivity index (χ0) is 15.8. The Kier molecular flexibility index (Phi) is 3.98. The summed E-state index contributed by atoms with van der Waals surface area (Å²) in [6, 6.07) is 2.56. The number of carbonyl (C=O) groups excluding carboxylic acids is 2. The Morgan fingerprint density at radius 1 is 1.29 bits per heavy atom. The lowest BCUT2D eigenvalue weighted by atomic mass is 9.95. The molecular formula is C15H18F2N2O2. The van der Waals surface area contributed by atoms with Crippen LogP contribution < -0.4 is 5.32 Å². The lowest BCUT2D eigenvalue weighted by Gasteiger charge is -2.42. The Morgan fingerprint density at radius 2 is 1.95 bits per heavy atom. The summed E-state index contributed by atoms with van der Waals surface area (Å²) in [7, 11) is 0. The number of halogens is 2. The van der Waals surface area contributed by atoms with Crippen molar-refractivity contribution in [3.05, 3.63) is 35.4 Å². The van der Waals surface area contributed by atoms with E-state index in [1.807, 2.05) is 0 Å². The summed E-state index contributed by atoms with van der Waals surface area (Å²) < 4.78 is 26.7. The maximum absolute atomic E-state index is 13.8. The maximum atomic E-state index is 13.8. The molecule has 0 bridgehead atoms. The zero-order valence-electron chi connectivity index (χ0n) is 12.2. The van der Waals surface area contributed by atoms with E-state index in [0.717, 1.165) is 12.1 Å². The first-order valence-corrected chi connectivity index (χ1v) is 6.83. The van der Waals surface area contributed by atoms with E-state index in [1.54, 1.807) is 20.8 Å². The molecule has 1 aromatic carbocycles. The molecule has 1 fully saturated rings. The molecule has 4 nitrogen and oxygen atoms in total. The molecule has 2 amide bonds. The zero-order valence-corrected chi connectivity index (χ0v) is 12.2. The van der Waals surface area contributed by atoms with Gasteiger partial charge in [-0.15, -0.1) is 0 Å². The van der Waals surface area contributed by atoms with E-state index in [0.29, 0.717) is 6.42 Å². The van der Waals surface area contributed by atoms with E-state index in [-0.39, 0.29) is 23.9 Å². The fourth-order valence-corrected chi connectivity index (χ4v) is 2.51. The third-order valence-corrected chi connectivity index (χ3v) is 3.65. The number of piperazine rings is 1. The molecular weight excluding hydrogens is 278 g/mol. The summed E-state index contributed by atoms with van der Waals surface area (Å²) in [5, 5.41) is 2.66. The van der Waals surface area contributed by atoms with Gasteiger partial charge in [-0.2, -0.15) is 0 Å². The summed E-state index contributed by atoms with van der Waals surface area (Å²) in [5.74, 6) is -1.94. The molecule has 0 radical (unpaired) electrons. The van der Waals surface area contributed by atoms with Crippen LogP contribution in [0.2, 0.25) is 0 Å². The number of carbonyl (C=O) groups is 2. The van der Waals surface area contributed by atoms with Crippen LogP contribution in [0.25, 0.3) is 0 Å². The van der Waals surface area contributed by atoms with Crippen molar-refractivity contribution in [2.24, 2.45) is 0 Å². The molecule has 0 aliphatic carbocycles. The van der Waals surface area contributed by atoms with Crippen LogP contribution in [-0.2, 0) is 16.1 Å². The molecule has 1 unspecified atom stereocenters. The third-order valence-electron chi connectivity index (χ3n) is 3.65. The summed E-state index contributed by atoms with van der Waals surface area (Å²) >= 11 is 0. The van der Waals surface area contributed by atoms with Crippen molar-refractivity contribution >= 4 is 11.8 Å². The molecule has 114 valence electrons. The Labute approximate surface area is 122 Å². The van der Waals surface area contributed by atoms with Gasteiger partial charge in [-0.05, 0) is 26.3 Å². The Morgan fingerprint density at radius 3 is 2.52 bits per heavy atom. The third kappa shape index (κ3) is 2.89. The monoisotopic (exact) mass is 296 g/mol. The van der Waals surface area contributed by atoms with Crippen LogP contribution in [0.4, 0.5) is 8.78 Å². The van der Waals surface area contributed by atoms with Gasteiger partial charge in [0.1, 0.15) is 23.2 Å². The van der Waals surface area contributed by atoms with E-state index in [9.17, 15) is 18.4 Å². The van der Waals surface area contributed by atoms with Crippen LogP contribution in [0.5, 0.6) is 0 Å². The van der Waals surface area contributed by atoms with E-state index in [2.05, 4.69) is 5.32 Å². The normalized spacial score (nSPS) is 21.4. The SMILES string of the molecule is CCC1C(=O)NC(C)(C)C(=O)N1Cc1ccc(F)cc1F. The van der Waals surface area contributed by atoms with Gasteiger partial charge in [0.15, 0.2) is 0 Å². The second-order valence-corrected chi connectivity index (χ2v) is 5.71. The molecule has 2 rings (SSSR count). The fraction of sp³-hybridized carbons (Fsp3) is 0.467. The molecule has 1 heterocycles. The minimum absolute atomic E-state index is 0.0553. The highest BCUT2D eigenvalue weighted by Gasteiger charge is 2.44. The van der Waals surface area contributed by atoms with Crippen molar-refractivity contribution < 1.29 is 18.4 Å². The summed E-state index contributed by atoms with van der Waals surface area (Å²) in [6.07, 6.45) is 0.427. The highest BCUT2D eigenvalue weighted by molar-refractivity contribution is 5.99. The number of nitrogens with zero attached hydrogens (tertiary/aromatic N) is 1. The smallest absolute Gasteiger partial charge is 0.248 e. The maximum Gasteiger partial charge on any atom is 0.248 e. The second-order valence-electron chi connectivity index (χ2n) is 5.71. The summed E-state index contributed by atoms with van der Waals surface area (Å²) in [6.45, 7) is 4.93. The minimum atomic E-state index is -1.03. The van der Waals surface area contributed by atoms with E-state index in [1.165, 1.54) is 11.0 Å². The predicted molar refractivity (Wildman–Crippen MR) is 73.2 cm³/mol. The van der Waals surface area contributed by atoms with E-state index < -0.39 is 23.2 Å². The molecule has 1 atom stereocenters. The standard InChI is InChI=1S/C15H18F2N2O2/c1-4-12-13(20)18-15(2,3)14(21)19(12)8-9-5-6-10(16)7-11(9)17/h5-7,12H,4,8H2,1-3H3,(H,18,20).